The highest BCUT2D eigenvalue weighted by atomic mass is 19.2. The summed E-state index contributed by atoms with van der Waals surface area (Å²) in [5.41, 5.74) is 7.83. The van der Waals surface area contributed by atoms with Crippen molar-refractivity contribution in [2.75, 3.05) is 0 Å². The number of nitrogens with one attached hydrogen (secondary N) is 1. The van der Waals surface area contributed by atoms with E-state index in [0.717, 1.165) is 17.2 Å². The van der Waals surface area contributed by atoms with Gasteiger partial charge in [-0.3, -0.25) is 9.59 Å². The number of carbonyl (C=O) groups excluding carboxylic acids is 2. The van der Waals surface area contributed by atoms with Crippen LogP contribution in [0.2, 0.25) is 0 Å². The molecule has 182 valence electrons. The van der Waals surface area contributed by atoms with Crippen molar-refractivity contribution in [1.82, 2.24) is 20.2 Å². The molecule has 2 aromatic carbocycles. The van der Waals surface area contributed by atoms with Gasteiger partial charge in [0.25, 0.3) is 0 Å². The van der Waals surface area contributed by atoms with Gasteiger partial charge in [-0.1, -0.05) is 24.3 Å². The third-order valence-electron chi connectivity index (χ3n) is 5.92. The first-order valence-corrected chi connectivity index (χ1v) is 11.1. The smallest absolute Gasteiger partial charge is 0.243 e. The fraction of sp³-hybridized carbons (Fsp3) is 0.280. The number of hydrogen-bond donors (Lipinski definition) is 2. The summed E-state index contributed by atoms with van der Waals surface area (Å²) in [6, 6.07) is 8.74. The van der Waals surface area contributed by atoms with E-state index in [1.807, 2.05) is 24.3 Å². The molecule has 3 N–H and O–H groups in total. The zero-order valence-electron chi connectivity index (χ0n) is 18.8. The number of hydrogen-bond acceptors (Lipinski definition) is 5. The van der Waals surface area contributed by atoms with Gasteiger partial charge >= 0.3 is 0 Å². The van der Waals surface area contributed by atoms with Crippen LogP contribution in [0, 0.1) is 17.5 Å². The SMILES string of the molecule is N[C@@H](CC(=O)N1Cc2ccccc2C[C@H]1C(=O)NCc1ncccn1)Cc1cc(F)c(F)cc1F. The second-order valence-electron chi connectivity index (χ2n) is 8.42. The van der Waals surface area contributed by atoms with Crippen LogP contribution < -0.4 is 11.1 Å². The first-order chi connectivity index (χ1) is 16.8. The van der Waals surface area contributed by atoms with E-state index in [0.29, 0.717) is 18.3 Å². The first-order valence-electron chi connectivity index (χ1n) is 11.1. The second-order valence-corrected chi connectivity index (χ2v) is 8.42. The number of rotatable bonds is 7. The lowest BCUT2D eigenvalue weighted by Gasteiger charge is -2.36. The Morgan fingerprint density at radius 1 is 1.03 bits per heavy atom. The Morgan fingerprint density at radius 2 is 1.71 bits per heavy atom. The van der Waals surface area contributed by atoms with Gasteiger partial charge in [0.2, 0.25) is 11.8 Å². The summed E-state index contributed by atoms with van der Waals surface area (Å²) < 4.78 is 40.8. The summed E-state index contributed by atoms with van der Waals surface area (Å²) in [6.45, 7) is 0.315. The Morgan fingerprint density at radius 3 is 2.46 bits per heavy atom. The standard InChI is InChI=1S/C25H24F3N5O2/c26-19-12-21(28)20(27)9-17(19)8-18(29)11-24(34)33-14-16-5-2-1-4-15(16)10-22(33)25(35)32-13-23-30-6-3-7-31-23/h1-7,9,12,18,22H,8,10-11,13-14,29H2,(H,32,35)/t18-,22+/m1/s1. The molecule has 0 saturated heterocycles. The molecule has 1 aromatic heterocycles. The minimum absolute atomic E-state index is 0.106. The van der Waals surface area contributed by atoms with Crippen molar-refractivity contribution in [2.24, 2.45) is 5.73 Å². The van der Waals surface area contributed by atoms with Crippen molar-refractivity contribution in [3.63, 3.8) is 0 Å². The van der Waals surface area contributed by atoms with E-state index >= 15 is 0 Å². The Labute approximate surface area is 200 Å². The fourth-order valence-electron chi connectivity index (χ4n) is 4.14. The number of amides is 2. The van der Waals surface area contributed by atoms with Crippen molar-refractivity contribution >= 4 is 11.8 Å². The summed E-state index contributed by atoms with van der Waals surface area (Å²) in [6.07, 6.45) is 3.08. The molecule has 3 aromatic rings. The molecule has 0 radical (unpaired) electrons. The molecule has 0 aliphatic carbocycles. The highest BCUT2D eigenvalue weighted by Gasteiger charge is 2.35. The number of nitrogens with two attached hydrogens (primary N) is 1. The van der Waals surface area contributed by atoms with Gasteiger partial charge in [0, 0.05) is 43.9 Å². The maximum atomic E-state index is 14.0. The number of halogens is 3. The van der Waals surface area contributed by atoms with E-state index in [1.54, 1.807) is 18.5 Å². The van der Waals surface area contributed by atoms with E-state index in [4.69, 9.17) is 5.73 Å². The molecule has 1 aliphatic rings. The largest absolute Gasteiger partial charge is 0.347 e. The lowest BCUT2D eigenvalue weighted by atomic mass is 9.92. The molecule has 2 atom stereocenters. The normalized spacial score (nSPS) is 15.9. The third kappa shape index (κ3) is 5.83. The molecule has 4 rings (SSSR count). The molecule has 2 heterocycles. The zero-order chi connectivity index (χ0) is 24.9. The maximum Gasteiger partial charge on any atom is 0.243 e. The molecular formula is C25H24F3N5O2. The Kier molecular flexibility index (Phi) is 7.40. The first kappa shape index (κ1) is 24.3. The molecule has 0 bridgehead atoms. The molecule has 35 heavy (non-hydrogen) atoms. The van der Waals surface area contributed by atoms with Gasteiger partial charge < -0.3 is 16.0 Å². The van der Waals surface area contributed by atoms with E-state index in [-0.39, 0.29) is 37.4 Å². The Hall–Kier alpha value is -3.79. The van der Waals surface area contributed by atoms with Gasteiger partial charge in [0.05, 0.1) is 6.54 Å². The number of fused-ring (bicyclic) bond motifs is 1. The van der Waals surface area contributed by atoms with Crippen molar-refractivity contribution < 1.29 is 22.8 Å². The molecule has 10 heteroatoms. The minimum Gasteiger partial charge on any atom is -0.347 e. The van der Waals surface area contributed by atoms with Crippen LogP contribution in [0.5, 0.6) is 0 Å². The average Bonchev–Trinajstić information content (AvgIpc) is 2.85. The lowest BCUT2D eigenvalue weighted by molar-refractivity contribution is -0.142. The number of aromatic nitrogens is 2. The average molecular weight is 483 g/mol. The molecule has 0 spiro atoms. The van der Waals surface area contributed by atoms with Crippen LogP contribution in [0.3, 0.4) is 0 Å². The Bertz CT molecular complexity index is 1220. The summed E-state index contributed by atoms with van der Waals surface area (Å²) in [5, 5.41) is 2.78. The zero-order valence-corrected chi connectivity index (χ0v) is 18.8. The second kappa shape index (κ2) is 10.6. The molecule has 1 aliphatic heterocycles. The third-order valence-corrected chi connectivity index (χ3v) is 5.92. The molecule has 0 unspecified atom stereocenters. The van der Waals surface area contributed by atoms with Crippen LogP contribution in [0.1, 0.15) is 28.9 Å². The van der Waals surface area contributed by atoms with E-state index < -0.39 is 35.4 Å². The van der Waals surface area contributed by atoms with Crippen molar-refractivity contribution in [3.05, 3.63) is 94.8 Å². The number of nitrogens with zero attached hydrogens (tertiary/aromatic N) is 3. The predicted molar refractivity (Wildman–Crippen MR) is 121 cm³/mol. The van der Waals surface area contributed by atoms with Gasteiger partial charge in [-0.05, 0) is 35.2 Å². The summed E-state index contributed by atoms with van der Waals surface area (Å²) >= 11 is 0. The van der Waals surface area contributed by atoms with E-state index in [9.17, 15) is 22.8 Å². The van der Waals surface area contributed by atoms with E-state index in [2.05, 4.69) is 15.3 Å². The topological polar surface area (TPSA) is 101 Å². The van der Waals surface area contributed by atoms with Crippen molar-refractivity contribution in [3.8, 4) is 0 Å². The van der Waals surface area contributed by atoms with Crippen LogP contribution >= 0.6 is 0 Å². The van der Waals surface area contributed by atoms with Gasteiger partial charge in [0.15, 0.2) is 11.6 Å². The highest BCUT2D eigenvalue weighted by molar-refractivity contribution is 5.88. The highest BCUT2D eigenvalue weighted by Crippen LogP contribution is 2.25. The van der Waals surface area contributed by atoms with Crippen LogP contribution in [0.15, 0.2) is 54.9 Å². The number of benzene rings is 2. The summed E-state index contributed by atoms with van der Waals surface area (Å²) in [5.74, 6) is -3.74. The molecule has 0 saturated carbocycles. The van der Waals surface area contributed by atoms with Gasteiger partial charge in [-0.2, -0.15) is 0 Å². The van der Waals surface area contributed by atoms with Crippen molar-refractivity contribution in [2.45, 2.75) is 44.4 Å². The van der Waals surface area contributed by atoms with Crippen LogP contribution in [-0.4, -0.2) is 38.8 Å². The maximum absolute atomic E-state index is 14.0. The van der Waals surface area contributed by atoms with Crippen LogP contribution in [-0.2, 0) is 35.5 Å². The molecule has 7 nitrogen and oxygen atoms in total. The van der Waals surface area contributed by atoms with Gasteiger partial charge in [0.1, 0.15) is 17.7 Å². The molecule has 0 fully saturated rings. The molecular weight excluding hydrogens is 459 g/mol. The Balaban J connectivity index is 1.47. The van der Waals surface area contributed by atoms with Gasteiger partial charge in [-0.25, -0.2) is 23.1 Å². The quantitative estimate of drug-likeness (QED) is 0.503. The van der Waals surface area contributed by atoms with Crippen LogP contribution in [0.25, 0.3) is 0 Å². The summed E-state index contributed by atoms with van der Waals surface area (Å²) in [4.78, 5) is 35.9. The monoisotopic (exact) mass is 483 g/mol. The fourth-order valence-corrected chi connectivity index (χ4v) is 4.14. The predicted octanol–water partition coefficient (Wildman–Crippen LogP) is 2.42. The minimum atomic E-state index is -1.29. The summed E-state index contributed by atoms with van der Waals surface area (Å²) in [7, 11) is 0. The van der Waals surface area contributed by atoms with Crippen LogP contribution in [0.4, 0.5) is 13.2 Å². The van der Waals surface area contributed by atoms with Gasteiger partial charge in [-0.15, -0.1) is 0 Å². The number of carbonyl (C=O) groups is 2. The molecule has 2 amide bonds. The lowest BCUT2D eigenvalue weighted by Crippen LogP contribution is -2.53. The van der Waals surface area contributed by atoms with Crippen molar-refractivity contribution in [1.29, 1.82) is 0 Å². The van der Waals surface area contributed by atoms with E-state index in [1.165, 1.54) is 4.90 Å².